The van der Waals surface area contributed by atoms with Crippen molar-refractivity contribution in [3.8, 4) is 0 Å². The van der Waals surface area contributed by atoms with Gasteiger partial charge in [0.25, 0.3) is 0 Å². The maximum Gasteiger partial charge on any atom is 0.303 e. The third kappa shape index (κ3) is 3.04. The summed E-state index contributed by atoms with van der Waals surface area (Å²) in [6.45, 7) is 0. The Morgan fingerprint density at radius 3 is 3.00 bits per heavy atom. The van der Waals surface area contributed by atoms with Crippen molar-refractivity contribution in [2.45, 2.75) is 25.4 Å². The molecule has 1 rings (SSSR count). The van der Waals surface area contributed by atoms with Gasteiger partial charge in [0.05, 0.1) is 12.1 Å². The van der Waals surface area contributed by atoms with Crippen LogP contribution in [0.1, 0.15) is 12.8 Å². The molecule has 15 heavy (non-hydrogen) atoms. The molecule has 5 N–H and O–H groups in total. The zero-order valence-electron chi connectivity index (χ0n) is 7.70. The molecule has 86 valence electrons. The summed E-state index contributed by atoms with van der Waals surface area (Å²) in [5, 5.41) is 22.7. The Balaban J connectivity index is 2.59. The Kier molecular flexibility index (Phi) is 4.29. The average molecular weight is 236 g/mol. The largest absolute Gasteiger partial charge is 0.481 e. The van der Waals surface area contributed by atoms with Crippen LogP contribution < -0.4 is 11.3 Å². The van der Waals surface area contributed by atoms with Gasteiger partial charge in [-0.25, -0.2) is 0 Å². The Hall–Kier alpha value is -0.870. The lowest BCUT2D eigenvalue weighted by Crippen LogP contribution is -2.60. The Labute approximate surface area is 91.3 Å². The SMILES string of the molecule is NN1C(OS)NN=C(CCC(=O)O)C1O. The predicted octanol–water partition coefficient (Wildman–Crippen LogP) is -1.55. The molecule has 0 bridgehead atoms. The van der Waals surface area contributed by atoms with Gasteiger partial charge in [-0.3, -0.25) is 20.2 Å². The van der Waals surface area contributed by atoms with E-state index in [1.54, 1.807) is 0 Å². The van der Waals surface area contributed by atoms with E-state index in [9.17, 15) is 9.90 Å². The first-order chi connectivity index (χ1) is 7.06. The number of hydrogen-bond acceptors (Lipinski definition) is 8. The number of nitrogens with two attached hydrogens (primary N) is 1. The minimum atomic E-state index is -1.18. The molecule has 0 aromatic carbocycles. The van der Waals surface area contributed by atoms with Crippen molar-refractivity contribution < 1.29 is 19.2 Å². The molecule has 2 atom stereocenters. The number of hydrazine groups is 1. The van der Waals surface area contributed by atoms with E-state index in [0.717, 1.165) is 5.01 Å². The number of hydrogen-bond donors (Lipinski definition) is 5. The molecule has 0 saturated carbocycles. The fourth-order valence-electron chi connectivity index (χ4n) is 1.06. The van der Waals surface area contributed by atoms with Crippen LogP contribution in [0.2, 0.25) is 0 Å². The van der Waals surface area contributed by atoms with Crippen LogP contribution in [0.3, 0.4) is 0 Å². The van der Waals surface area contributed by atoms with Crippen LogP contribution >= 0.6 is 12.9 Å². The van der Waals surface area contributed by atoms with Crippen molar-refractivity contribution in [3.05, 3.63) is 0 Å². The first kappa shape index (κ1) is 12.2. The Morgan fingerprint density at radius 1 is 1.80 bits per heavy atom. The third-order valence-corrected chi connectivity index (χ3v) is 2.06. The van der Waals surface area contributed by atoms with E-state index in [-0.39, 0.29) is 18.6 Å². The molecular formula is C6H12N4O4S. The van der Waals surface area contributed by atoms with E-state index in [2.05, 4.69) is 27.6 Å². The second kappa shape index (κ2) is 5.28. The van der Waals surface area contributed by atoms with Crippen molar-refractivity contribution in [1.29, 1.82) is 0 Å². The predicted molar refractivity (Wildman–Crippen MR) is 53.3 cm³/mol. The van der Waals surface area contributed by atoms with Gasteiger partial charge in [-0.15, -0.1) is 0 Å². The highest BCUT2D eigenvalue weighted by Gasteiger charge is 2.30. The summed E-state index contributed by atoms with van der Waals surface area (Å²) < 4.78 is 4.55. The number of rotatable bonds is 4. The zero-order valence-corrected chi connectivity index (χ0v) is 8.59. The monoisotopic (exact) mass is 236 g/mol. The van der Waals surface area contributed by atoms with Gasteiger partial charge < -0.3 is 10.2 Å². The number of nitrogens with one attached hydrogen (secondary N) is 1. The molecular weight excluding hydrogens is 224 g/mol. The number of hydrazone groups is 1. The van der Waals surface area contributed by atoms with Crippen LogP contribution in [0.25, 0.3) is 0 Å². The maximum absolute atomic E-state index is 10.3. The zero-order chi connectivity index (χ0) is 11.4. The smallest absolute Gasteiger partial charge is 0.303 e. The van der Waals surface area contributed by atoms with Crippen molar-refractivity contribution in [2.24, 2.45) is 10.9 Å². The number of aliphatic hydroxyl groups excluding tert-OH is 1. The van der Waals surface area contributed by atoms with Gasteiger partial charge in [-0.05, 0) is 12.9 Å². The summed E-state index contributed by atoms with van der Waals surface area (Å²) in [7, 11) is 0. The van der Waals surface area contributed by atoms with Gasteiger partial charge in [-0.1, -0.05) is 0 Å². The van der Waals surface area contributed by atoms with Gasteiger partial charge in [0.15, 0.2) is 6.23 Å². The number of carboxylic acid groups (broad SMARTS) is 1. The van der Waals surface area contributed by atoms with Gasteiger partial charge >= 0.3 is 5.97 Å². The highest BCUT2D eigenvalue weighted by Crippen LogP contribution is 2.10. The van der Waals surface area contributed by atoms with Gasteiger partial charge in [-0.2, -0.15) is 10.1 Å². The summed E-state index contributed by atoms with van der Waals surface area (Å²) in [5.41, 5.74) is 2.70. The van der Waals surface area contributed by atoms with E-state index >= 15 is 0 Å². The van der Waals surface area contributed by atoms with Crippen molar-refractivity contribution in [2.75, 3.05) is 0 Å². The topological polar surface area (TPSA) is 120 Å². The molecule has 1 aliphatic heterocycles. The number of thiol groups is 1. The van der Waals surface area contributed by atoms with Crippen LogP contribution in [0.15, 0.2) is 5.10 Å². The summed E-state index contributed by atoms with van der Waals surface area (Å²) in [5.74, 6) is 4.48. The highest BCUT2D eigenvalue weighted by atomic mass is 32.1. The molecule has 8 nitrogen and oxygen atoms in total. The molecule has 1 aliphatic rings. The molecule has 0 aliphatic carbocycles. The number of carboxylic acids is 1. The van der Waals surface area contributed by atoms with E-state index in [1.165, 1.54) is 0 Å². The molecule has 1 heterocycles. The molecule has 0 aromatic rings. The summed E-state index contributed by atoms with van der Waals surface area (Å²) in [6.07, 6.45) is -2.05. The fourth-order valence-corrected chi connectivity index (χ4v) is 1.22. The number of carbonyl (C=O) groups is 1. The van der Waals surface area contributed by atoms with E-state index < -0.39 is 18.5 Å². The third-order valence-electron chi connectivity index (χ3n) is 1.86. The van der Waals surface area contributed by atoms with E-state index in [4.69, 9.17) is 10.9 Å². The van der Waals surface area contributed by atoms with Gasteiger partial charge in [0, 0.05) is 6.42 Å². The molecule has 0 saturated heterocycles. The minimum absolute atomic E-state index is 0.108. The molecule has 0 spiro atoms. The van der Waals surface area contributed by atoms with Crippen LogP contribution in [0.5, 0.6) is 0 Å². The molecule has 9 heteroatoms. The van der Waals surface area contributed by atoms with Gasteiger partial charge in [0.2, 0.25) is 6.35 Å². The quantitative estimate of drug-likeness (QED) is 0.227. The molecule has 0 amide bonds. The van der Waals surface area contributed by atoms with E-state index in [0.29, 0.717) is 0 Å². The summed E-state index contributed by atoms with van der Waals surface area (Å²) in [4.78, 5) is 10.3. The lowest BCUT2D eigenvalue weighted by atomic mass is 10.2. The maximum atomic E-state index is 10.3. The molecule has 0 radical (unpaired) electrons. The molecule has 2 unspecified atom stereocenters. The second-order valence-electron chi connectivity index (χ2n) is 2.90. The van der Waals surface area contributed by atoms with E-state index in [1.807, 2.05) is 0 Å². The average Bonchev–Trinajstić information content (AvgIpc) is 2.20. The number of aliphatic carboxylic acids is 1. The Bertz CT molecular complexity index is 274. The van der Waals surface area contributed by atoms with Crippen LogP contribution in [-0.4, -0.2) is 39.5 Å². The fraction of sp³-hybridized carbons (Fsp3) is 0.667. The molecule has 0 fully saturated rings. The summed E-state index contributed by atoms with van der Waals surface area (Å²) in [6, 6.07) is 0. The van der Waals surface area contributed by atoms with Crippen molar-refractivity contribution in [3.63, 3.8) is 0 Å². The van der Waals surface area contributed by atoms with Crippen LogP contribution in [0.4, 0.5) is 0 Å². The lowest BCUT2D eigenvalue weighted by molar-refractivity contribution is -0.136. The Morgan fingerprint density at radius 2 is 2.47 bits per heavy atom. The van der Waals surface area contributed by atoms with Crippen molar-refractivity contribution >= 4 is 24.6 Å². The highest BCUT2D eigenvalue weighted by molar-refractivity contribution is 7.75. The van der Waals surface area contributed by atoms with Gasteiger partial charge in [0.1, 0.15) is 0 Å². The standard InChI is InChI=1S/C6H12N4O4S/c7-10-5(13)3(1-2-4(11)12)8-9-6(10)14-15/h5-6,9,13,15H,1-2,7H2,(H,11,12). The first-order valence-corrected chi connectivity index (χ1v) is 4.48. The van der Waals surface area contributed by atoms with Crippen LogP contribution in [0, 0.1) is 0 Å². The minimum Gasteiger partial charge on any atom is -0.481 e. The summed E-state index contributed by atoms with van der Waals surface area (Å²) >= 11 is 3.52. The van der Waals surface area contributed by atoms with Crippen molar-refractivity contribution in [1.82, 2.24) is 10.4 Å². The first-order valence-electron chi connectivity index (χ1n) is 4.11. The lowest BCUT2D eigenvalue weighted by Gasteiger charge is -2.33. The normalized spacial score (nSPS) is 27.0. The second-order valence-corrected chi connectivity index (χ2v) is 3.12. The molecule has 0 aromatic heterocycles. The number of aliphatic hydroxyl groups is 1. The van der Waals surface area contributed by atoms with Crippen LogP contribution in [-0.2, 0) is 8.98 Å². The number of nitrogens with zero attached hydrogens (tertiary/aromatic N) is 2.